The fraction of sp³-hybridized carbons (Fsp3) is 0.562. The summed E-state index contributed by atoms with van der Waals surface area (Å²) in [6.45, 7) is 1.78. The molecule has 0 atom stereocenters. The number of Topliss-reactive ketones (excluding diaryl/α,β-unsaturated/α-hetero) is 1. The molecule has 3 nitrogen and oxygen atoms in total. The van der Waals surface area contributed by atoms with Gasteiger partial charge in [0.2, 0.25) is 0 Å². The van der Waals surface area contributed by atoms with Crippen LogP contribution >= 0.6 is 0 Å². The van der Waals surface area contributed by atoms with Gasteiger partial charge in [0, 0.05) is 25.4 Å². The maximum Gasteiger partial charge on any atom is 0.133 e. The molecule has 0 bridgehead atoms. The Hall–Kier alpha value is -1.35. The van der Waals surface area contributed by atoms with Gasteiger partial charge in [-0.3, -0.25) is 4.79 Å². The Morgan fingerprint density at radius 3 is 2.58 bits per heavy atom. The van der Waals surface area contributed by atoms with Gasteiger partial charge < -0.3 is 9.64 Å². The van der Waals surface area contributed by atoms with Crippen LogP contribution in [0.25, 0.3) is 0 Å². The SMILES string of the molecule is CN(CCCOc1ccccc1)C1CCC(=O)CC1. The van der Waals surface area contributed by atoms with Crippen molar-refractivity contribution in [3.63, 3.8) is 0 Å². The second kappa shape index (κ2) is 7.29. The van der Waals surface area contributed by atoms with Crippen LogP contribution in [-0.2, 0) is 4.79 Å². The minimum absolute atomic E-state index is 0.428. The molecule has 0 N–H and O–H groups in total. The zero-order chi connectivity index (χ0) is 13.5. The molecule has 1 aromatic rings. The summed E-state index contributed by atoms with van der Waals surface area (Å²) in [6, 6.07) is 10.5. The van der Waals surface area contributed by atoms with Crippen LogP contribution in [0.1, 0.15) is 32.1 Å². The van der Waals surface area contributed by atoms with Gasteiger partial charge in [0.05, 0.1) is 6.61 Å². The van der Waals surface area contributed by atoms with Gasteiger partial charge in [-0.2, -0.15) is 0 Å². The van der Waals surface area contributed by atoms with Crippen molar-refractivity contribution in [3.05, 3.63) is 30.3 Å². The Labute approximate surface area is 115 Å². The third-order valence-electron chi connectivity index (χ3n) is 3.80. The number of para-hydroxylation sites is 1. The summed E-state index contributed by atoms with van der Waals surface area (Å²) in [5.74, 6) is 1.37. The van der Waals surface area contributed by atoms with E-state index in [-0.39, 0.29) is 0 Å². The van der Waals surface area contributed by atoms with E-state index in [2.05, 4.69) is 11.9 Å². The van der Waals surface area contributed by atoms with E-state index in [4.69, 9.17) is 4.74 Å². The molecule has 0 heterocycles. The number of benzene rings is 1. The molecule has 0 aliphatic heterocycles. The molecule has 0 radical (unpaired) electrons. The number of nitrogens with zero attached hydrogens (tertiary/aromatic N) is 1. The first kappa shape index (κ1) is 14.1. The van der Waals surface area contributed by atoms with Crippen LogP contribution in [-0.4, -0.2) is 36.9 Å². The molecule has 0 saturated heterocycles. The molecule has 1 fully saturated rings. The number of carbonyl (C=O) groups is 1. The van der Waals surface area contributed by atoms with E-state index in [0.717, 1.165) is 51.0 Å². The normalized spacial score (nSPS) is 16.8. The van der Waals surface area contributed by atoms with Crippen molar-refractivity contribution in [1.29, 1.82) is 0 Å². The average molecular weight is 261 g/mol. The van der Waals surface area contributed by atoms with E-state index >= 15 is 0 Å². The van der Waals surface area contributed by atoms with Crippen molar-refractivity contribution in [2.24, 2.45) is 0 Å². The van der Waals surface area contributed by atoms with E-state index in [9.17, 15) is 4.79 Å². The smallest absolute Gasteiger partial charge is 0.133 e. The Balaban J connectivity index is 1.61. The summed E-state index contributed by atoms with van der Waals surface area (Å²) in [5, 5.41) is 0. The lowest BCUT2D eigenvalue weighted by molar-refractivity contribution is -0.121. The number of rotatable bonds is 6. The van der Waals surface area contributed by atoms with Gasteiger partial charge in [-0.1, -0.05) is 18.2 Å². The van der Waals surface area contributed by atoms with Crippen LogP contribution in [0.15, 0.2) is 30.3 Å². The van der Waals surface area contributed by atoms with E-state index in [1.807, 2.05) is 30.3 Å². The summed E-state index contributed by atoms with van der Waals surface area (Å²) in [7, 11) is 2.16. The largest absolute Gasteiger partial charge is 0.494 e. The van der Waals surface area contributed by atoms with Gasteiger partial charge in [-0.05, 0) is 38.4 Å². The Bertz CT molecular complexity index is 381. The van der Waals surface area contributed by atoms with Crippen LogP contribution in [0.4, 0.5) is 0 Å². The van der Waals surface area contributed by atoms with Gasteiger partial charge in [-0.25, -0.2) is 0 Å². The fourth-order valence-corrected chi connectivity index (χ4v) is 2.57. The first-order chi connectivity index (χ1) is 9.25. The maximum absolute atomic E-state index is 11.2. The standard InChI is InChI=1S/C16H23NO2/c1-17(14-8-10-15(18)11-9-14)12-5-13-19-16-6-3-2-4-7-16/h2-4,6-7,14H,5,8-13H2,1H3. The lowest BCUT2D eigenvalue weighted by Crippen LogP contribution is -2.36. The lowest BCUT2D eigenvalue weighted by Gasteiger charge is -2.30. The van der Waals surface area contributed by atoms with E-state index in [1.54, 1.807) is 0 Å². The predicted octanol–water partition coefficient (Wildman–Crippen LogP) is 2.90. The molecule has 0 amide bonds. The first-order valence-electron chi connectivity index (χ1n) is 7.15. The van der Waals surface area contributed by atoms with E-state index in [1.165, 1.54) is 0 Å². The van der Waals surface area contributed by atoms with Crippen LogP contribution in [0.2, 0.25) is 0 Å². The Morgan fingerprint density at radius 2 is 1.89 bits per heavy atom. The van der Waals surface area contributed by atoms with Crippen LogP contribution in [0.3, 0.4) is 0 Å². The average Bonchev–Trinajstić information content (AvgIpc) is 2.45. The monoisotopic (exact) mass is 261 g/mol. The highest BCUT2D eigenvalue weighted by atomic mass is 16.5. The van der Waals surface area contributed by atoms with Crippen molar-refractivity contribution >= 4 is 5.78 Å². The zero-order valence-electron chi connectivity index (χ0n) is 11.7. The third kappa shape index (κ3) is 4.67. The zero-order valence-corrected chi connectivity index (χ0v) is 11.7. The van der Waals surface area contributed by atoms with Crippen molar-refractivity contribution in [2.75, 3.05) is 20.2 Å². The van der Waals surface area contributed by atoms with Crippen LogP contribution in [0.5, 0.6) is 5.75 Å². The topological polar surface area (TPSA) is 29.5 Å². The lowest BCUT2D eigenvalue weighted by atomic mass is 9.93. The summed E-state index contributed by atoms with van der Waals surface area (Å²) in [5.41, 5.74) is 0. The number of carbonyl (C=O) groups excluding carboxylic acids is 1. The molecule has 1 saturated carbocycles. The van der Waals surface area contributed by atoms with Crippen LogP contribution in [0, 0.1) is 0 Å². The molecule has 3 heteroatoms. The second-order valence-corrected chi connectivity index (χ2v) is 5.27. The number of ether oxygens (including phenoxy) is 1. The van der Waals surface area contributed by atoms with E-state index in [0.29, 0.717) is 11.8 Å². The van der Waals surface area contributed by atoms with Gasteiger partial charge in [-0.15, -0.1) is 0 Å². The van der Waals surface area contributed by atoms with E-state index < -0.39 is 0 Å². The third-order valence-corrected chi connectivity index (χ3v) is 3.80. The number of hydrogen-bond donors (Lipinski definition) is 0. The Kier molecular flexibility index (Phi) is 5.40. The summed E-state index contributed by atoms with van der Waals surface area (Å²) < 4.78 is 5.68. The minimum Gasteiger partial charge on any atom is -0.494 e. The summed E-state index contributed by atoms with van der Waals surface area (Å²) in [6.07, 6.45) is 4.59. The quantitative estimate of drug-likeness (QED) is 0.737. The van der Waals surface area contributed by atoms with Crippen molar-refractivity contribution in [3.8, 4) is 5.75 Å². The van der Waals surface area contributed by atoms with Crippen molar-refractivity contribution in [1.82, 2.24) is 4.90 Å². The first-order valence-corrected chi connectivity index (χ1v) is 7.15. The minimum atomic E-state index is 0.428. The molecule has 1 aliphatic carbocycles. The van der Waals surface area contributed by atoms with Crippen molar-refractivity contribution < 1.29 is 9.53 Å². The Morgan fingerprint density at radius 1 is 1.21 bits per heavy atom. The summed E-state index contributed by atoms with van der Waals surface area (Å²) >= 11 is 0. The molecule has 104 valence electrons. The predicted molar refractivity (Wildman–Crippen MR) is 76.4 cm³/mol. The molecule has 2 rings (SSSR count). The van der Waals surface area contributed by atoms with Gasteiger partial charge in [0.1, 0.15) is 11.5 Å². The highest BCUT2D eigenvalue weighted by Crippen LogP contribution is 2.19. The molecule has 0 aromatic heterocycles. The maximum atomic E-state index is 11.2. The number of ketones is 1. The summed E-state index contributed by atoms with van der Waals surface area (Å²) in [4.78, 5) is 13.6. The highest BCUT2D eigenvalue weighted by Gasteiger charge is 2.21. The molecular formula is C16H23NO2. The second-order valence-electron chi connectivity index (χ2n) is 5.27. The fourth-order valence-electron chi connectivity index (χ4n) is 2.57. The molecule has 0 unspecified atom stereocenters. The van der Waals surface area contributed by atoms with Crippen molar-refractivity contribution in [2.45, 2.75) is 38.1 Å². The number of hydrogen-bond acceptors (Lipinski definition) is 3. The van der Waals surface area contributed by atoms with Gasteiger partial charge >= 0.3 is 0 Å². The molecule has 19 heavy (non-hydrogen) atoms. The molecular weight excluding hydrogens is 238 g/mol. The van der Waals surface area contributed by atoms with Crippen LogP contribution < -0.4 is 4.74 Å². The van der Waals surface area contributed by atoms with Gasteiger partial charge in [0.15, 0.2) is 0 Å². The molecule has 0 spiro atoms. The highest BCUT2D eigenvalue weighted by molar-refractivity contribution is 5.79. The van der Waals surface area contributed by atoms with Gasteiger partial charge in [0.25, 0.3) is 0 Å². The molecule has 1 aromatic carbocycles. The molecule has 1 aliphatic rings.